The Balaban J connectivity index is 2.01. The predicted molar refractivity (Wildman–Crippen MR) is 64.4 cm³/mol. The number of nitrogens with one attached hydrogen (secondary N) is 1. The maximum Gasteiger partial charge on any atom is 0.407 e. The van der Waals surface area contributed by atoms with Crippen LogP contribution in [0.4, 0.5) is 9.59 Å². The van der Waals surface area contributed by atoms with Crippen LogP contribution >= 0.6 is 0 Å². The van der Waals surface area contributed by atoms with Gasteiger partial charge in [-0.2, -0.15) is 0 Å². The van der Waals surface area contributed by atoms with Gasteiger partial charge >= 0.3 is 12.2 Å². The SMILES string of the molecule is CCOC(=O)NC1CN(C(=O)O)CCC12CCC2. The number of carboxylic acid groups (broad SMARTS) is 1. The second-order valence-electron chi connectivity index (χ2n) is 5.11. The Labute approximate surface area is 106 Å². The van der Waals surface area contributed by atoms with Gasteiger partial charge in [0.2, 0.25) is 0 Å². The maximum absolute atomic E-state index is 11.5. The summed E-state index contributed by atoms with van der Waals surface area (Å²) in [6.07, 6.45) is 2.76. The number of carbonyl (C=O) groups excluding carboxylic acids is 1. The van der Waals surface area contributed by atoms with Crippen molar-refractivity contribution in [2.45, 2.75) is 38.6 Å². The van der Waals surface area contributed by atoms with E-state index in [-0.39, 0.29) is 11.5 Å². The van der Waals surface area contributed by atoms with Crippen LogP contribution in [0.1, 0.15) is 32.6 Å². The van der Waals surface area contributed by atoms with Gasteiger partial charge < -0.3 is 20.1 Å². The van der Waals surface area contributed by atoms with E-state index < -0.39 is 12.2 Å². The van der Waals surface area contributed by atoms with Gasteiger partial charge in [-0.3, -0.25) is 0 Å². The van der Waals surface area contributed by atoms with Crippen molar-refractivity contribution in [3.05, 3.63) is 0 Å². The zero-order chi connectivity index (χ0) is 13.2. The molecule has 2 aliphatic rings. The third kappa shape index (κ3) is 2.37. The quantitative estimate of drug-likeness (QED) is 0.787. The Bertz CT molecular complexity index is 341. The molecule has 0 aromatic heterocycles. The lowest BCUT2D eigenvalue weighted by Gasteiger charge is -2.52. The normalized spacial score (nSPS) is 25.4. The van der Waals surface area contributed by atoms with Gasteiger partial charge in [0.05, 0.1) is 12.6 Å². The lowest BCUT2D eigenvalue weighted by Crippen LogP contribution is -2.61. The van der Waals surface area contributed by atoms with Gasteiger partial charge in [0.1, 0.15) is 0 Å². The van der Waals surface area contributed by atoms with Gasteiger partial charge in [-0.1, -0.05) is 6.42 Å². The molecule has 1 saturated carbocycles. The van der Waals surface area contributed by atoms with Crippen LogP contribution in [-0.2, 0) is 4.74 Å². The number of hydrogen-bond donors (Lipinski definition) is 2. The Morgan fingerprint density at radius 2 is 2.17 bits per heavy atom. The van der Waals surface area contributed by atoms with E-state index in [4.69, 9.17) is 9.84 Å². The first-order valence-corrected chi connectivity index (χ1v) is 6.48. The van der Waals surface area contributed by atoms with Crippen molar-refractivity contribution in [1.29, 1.82) is 0 Å². The fourth-order valence-corrected chi connectivity index (χ4v) is 2.95. The number of amides is 2. The average Bonchev–Trinajstić information content (AvgIpc) is 2.26. The van der Waals surface area contributed by atoms with Gasteiger partial charge in [-0.25, -0.2) is 9.59 Å². The van der Waals surface area contributed by atoms with Crippen molar-refractivity contribution in [1.82, 2.24) is 10.2 Å². The molecule has 2 N–H and O–H groups in total. The molecule has 102 valence electrons. The zero-order valence-corrected chi connectivity index (χ0v) is 10.6. The molecule has 1 unspecified atom stereocenters. The van der Waals surface area contributed by atoms with Crippen molar-refractivity contribution in [3.63, 3.8) is 0 Å². The highest BCUT2D eigenvalue weighted by molar-refractivity contribution is 5.68. The molecule has 6 nitrogen and oxygen atoms in total. The van der Waals surface area contributed by atoms with Crippen LogP contribution in [0.2, 0.25) is 0 Å². The second kappa shape index (κ2) is 5.04. The summed E-state index contributed by atoms with van der Waals surface area (Å²) in [7, 11) is 0. The molecule has 2 amide bonds. The van der Waals surface area contributed by atoms with E-state index in [1.54, 1.807) is 6.92 Å². The van der Waals surface area contributed by atoms with E-state index in [0.717, 1.165) is 25.7 Å². The van der Waals surface area contributed by atoms with Gasteiger partial charge in [-0.15, -0.1) is 0 Å². The highest BCUT2D eigenvalue weighted by Gasteiger charge is 2.48. The number of piperidine rings is 1. The Kier molecular flexibility index (Phi) is 3.63. The number of hydrogen-bond acceptors (Lipinski definition) is 3. The minimum Gasteiger partial charge on any atom is -0.465 e. The van der Waals surface area contributed by atoms with Gasteiger partial charge in [-0.05, 0) is 31.6 Å². The Morgan fingerprint density at radius 3 is 2.67 bits per heavy atom. The third-order valence-electron chi connectivity index (χ3n) is 4.21. The molecule has 6 heteroatoms. The smallest absolute Gasteiger partial charge is 0.407 e. The molecule has 1 aliphatic heterocycles. The van der Waals surface area contributed by atoms with Crippen LogP contribution in [0.25, 0.3) is 0 Å². The van der Waals surface area contributed by atoms with E-state index in [1.807, 2.05) is 0 Å². The maximum atomic E-state index is 11.5. The van der Waals surface area contributed by atoms with E-state index in [9.17, 15) is 9.59 Å². The third-order valence-corrected chi connectivity index (χ3v) is 4.21. The van der Waals surface area contributed by atoms with Crippen LogP contribution in [0.3, 0.4) is 0 Å². The number of carbonyl (C=O) groups is 2. The van der Waals surface area contributed by atoms with E-state index in [0.29, 0.717) is 19.7 Å². The first kappa shape index (κ1) is 13.0. The summed E-state index contributed by atoms with van der Waals surface area (Å²) in [5, 5.41) is 11.9. The number of ether oxygens (including phenoxy) is 1. The second-order valence-corrected chi connectivity index (χ2v) is 5.11. The molecule has 1 heterocycles. The Hall–Kier alpha value is -1.46. The van der Waals surface area contributed by atoms with Crippen molar-refractivity contribution >= 4 is 12.2 Å². The number of nitrogens with zero attached hydrogens (tertiary/aromatic N) is 1. The molecule has 0 aromatic rings. The molecular weight excluding hydrogens is 236 g/mol. The molecule has 2 rings (SSSR count). The molecule has 0 bridgehead atoms. The summed E-state index contributed by atoms with van der Waals surface area (Å²) in [6, 6.07) is -0.116. The predicted octanol–water partition coefficient (Wildman–Crippen LogP) is 1.66. The van der Waals surface area contributed by atoms with Crippen LogP contribution in [-0.4, -0.2) is 47.9 Å². The lowest BCUT2D eigenvalue weighted by atomic mass is 9.60. The molecule has 1 atom stereocenters. The first-order valence-electron chi connectivity index (χ1n) is 6.48. The van der Waals surface area contributed by atoms with E-state index >= 15 is 0 Å². The van der Waals surface area contributed by atoms with Crippen molar-refractivity contribution in [2.75, 3.05) is 19.7 Å². The first-order chi connectivity index (χ1) is 8.57. The van der Waals surface area contributed by atoms with Crippen LogP contribution in [0.5, 0.6) is 0 Å². The minimum absolute atomic E-state index is 0.0959. The van der Waals surface area contributed by atoms with Crippen LogP contribution < -0.4 is 5.32 Å². The highest BCUT2D eigenvalue weighted by Crippen LogP contribution is 2.49. The fourth-order valence-electron chi connectivity index (χ4n) is 2.95. The van der Waals surface area contributed by atoms with E-state index in [2.05, 4.69) is 5.32 Å². The number of likely N-dealkylation sites (tertiary alicyclic amines) is 1. The fraction of sp³-hybridized carbons (Fsp3) is 0.833. The topological polar surface area (TPSA) is 78.9 Å². The summed E-state index contributed by atoms with van der Waals surface area (Å²) in [5.41, 5.74) is 0.0959. The van der Waals surface area contributed by atoms with Crippen LogP contribution in [0, 0.1) is 5.41 Å². The summed E-state index contributed by atoms with van der Waals surface area (Å²) < 4.78 is 4.89. The average molecular weight is 256 g/mol. The molecule has 0 radical (unpaired) electrons. The molecule has 1 saturated heterocycles. The molecule has 2 fully saturated rings. The summed E-state index contributed by atoms with van der Waals surface area (Å²) in [5.74, 6) is 0. The molecule has 18 heavy (non-hydrogen) atoms. The standard InChI is InChI=1S/C12H20N2O4/c1-2-18-10(15)13-9-8-14(11(16)17)7-6-12(9)4-3-5-12/h9H,2-8H2,1H3,(H,13,15)(H,16,17). The van der Waals surface area contributed by atoms with E-state index in [1.165, 1.54) is 4.90 Å². The van der Waals surface area contributed by atoms with Crippen molar-refractivity contribution in [3.8, 4) is 0 Å². The molecule has 1 aliphatic carbocycles. The largest absolute Gasteiger partial charge is 0.465 e. The Morgan fingerprint density at radius 1 is 1.44 bits per heavy atom. The zero-order valence-electron chi connectivity index (χ0n) is 10.6. The number of alkyl carbamates (subject to hydrolysis) is 1. The van der Waals surface area contributed by atoms with Gasteiger partial charge in [0, 0.05) is 13.1 Å². The summed E-state index contributed by atoms with van der Waals surface area (Å²) in [4.78, 5) is 23.9. The minimum atomic E-state index is -0.917. The number of rotatable bonds is 2. The lowest BCUT2D eigenvalue weighted by molar-refractivity contribution is -0.000625. The van der Waals surface area contributed by atoms with Gasteiger partial charge in [0.15, 0.2) is 0 Å². The molecular formula is C12H20N2O4. The molecule has 0 aromatic carbocycles. The summed E-state index contributed by atoms with van der Waals surface area (Å²) in [6.45, 7) is 3.02. The van der Waals surface area contributed by atoms with Gasteiger partial charge in [0.25, 0.3) is 0 Å². The van der Waals surface area contributed by atoms with Crippen molar-refractivity contribution in [2.24, 2.45) is 5.41 Å². The highest BCUT2D eigenvalue weighted by atomic mass is 16.5. The van der Waals surface area contributed by atoms with Crippen LogP contribution in [0.15, 0.2) is 0 Å². The monoisotopic (exact) mass is 256 g/mol. The molecule has 1 spiro atoms. The summed E-state index contributed by atoms with van der Waals surface area (Å²) >= 11 is 0. The van der Waals surface area contributed by atoms with Crippen molar-refractivity contribution < 1.29 is 19.4 Å².